The van der Waals surface area contributed by atoms with Gasteiger partial charge < -0.3 is 9.47 Å². The zero-order valence-corrected chi connectivity index (χ0v) is 11.2. The summed E-state index contributed by atoms with van der Waals surface area (Å²) in [6.07, 6.45) is 0.576. The highest BCUT2D eigenvalue weighted by Crippen LogP contribution is 2.04. The third kappa shape index (κ3) is 11.5. The van der Waals surface area contributed by atoms with Gasteiger partial charge in [0.1, 0.15) is 11.4 Å². The van der Waals surface area contributed by atoms with Gasteiger partial charge in [-0.2, -0.15) is 0 Å². The molecular weight excluding hydrogens is 267 g/mol. The molecule has 0 aromatic rings. The summed E-state index contributed by atoms with van der Waals surface area (Å²) < 4.78 is 9.54. The maximum Gasteiger partial charge on any atom is 0.306 e. The molecule has 0 aromatic heterocycles. The lowest BCUT2D eigenvalue weighted by Crippen LogP contribution is -2.13. The van der Waals surface area contributed by atoms with Crippen molar-refractivity contribution in [2.45, 2.75) is 31.0 Å². The number of rotatable bonds is 8. The van der Waals surface area contributed by atoms with Gasteiger partial charge >= 0.3 is 11.9 Å². The fourth-order valence-corrected chi connectivity index (χ4v) is 0.969. The van der Waals surface area contributed by atoms with Gasteiger partial charge in [-0.15, -0.1) is 29.8 Å². The van der Waals surface area contributed by atoms with Crippen molar-refractivity contribution in [1.29, 1.82) is 0 Å². The van der Waals surface area contributed by atoms with Crippen LogP contribution in [0.1, 0.15) is 26.2 Å². The largest absolute Gasteiger partial charge is 0.465 e. The number of hydrogen-bond donors (Lipinski definition) is 0. The molecule has 0 radical (unpaired) electrons. The third-order valence-corrected chi connectivity index (χ3v) is 1.95. The Labute approximate surface area is 111 Å². The molecule has 0 saturated carbocycles. The van der Waals surface area contributed by atoms with Crippen LogP contribution < -0.4 is 0 Å². The first-order chi connectivity index (χ1) is 7.91. The summed E-state index contributed by atoms with van der Waals surface area (Å²) in [5.74, 6) is -0.954. The average molecular weight is 283 g/mol. The van der Waals surface area contributed by atoms with E-state index < -0.39 is 16.8 Å². The minimum atomic E-state index is -0.749. The Bertz CT molecular complexity index is 277. The molecule has 0 aromatic carbocycles. The second-order valence-corrected chi connectivity index (χ2v) is 4.78. The zero-order valence-electron chi connectivity index (χ0n) is 9.71. The van der Waals surface area contributed by atoms with Gasteiger partial charge in [0.15, 0.2) is 0 Å². The molecule has 0 fully saturated rings. The van der Waals surface area contributed by atoms with E-state index in [1.807, 2.05) is 6.92 Å². The summed E-state index contributed by atoms with van der Waals surface area (Å²) in [7, 11) is 0. The van der Waals surface area contributed by atoms with E-state index in [1.165, 1.54) is 0 Å². The molecule has 0 N–H and O–H groups in total. The molecule has 0 amide bonds. The fraction of sp³-hybridized carbons (Fsp3) is 0.636. The van der Waals surface area contributed by atoms with Crippen molar-refractivity contribution in [3.05, 3.63) is 12.2 Å². The van der Waals surface area contributed by atoms with Crippen LogP contribution in [0.2, 0.25) is 0 Å². The van der Waals surface area contributed by atoms with Crippen LogP contribution in [-0.4, -0.2) is 30.0 Å². The van der Waals surface area contributed by atoms with Crippen molar-refractivity contribution in [3.8, 4) is 0 Å². The number of halogens is 2. The van der Waals surface area contributed by atoms with Crippen LogP contribution in [0.5, 0.6) is 0 Å². The van der Waals surface area contributed by atoms with Crippen LogP contribution in [0.25, 0.3) is 0 Å². The van der Waals surface area contributed by atoms with E-state index >= 15 is 0 Å². The van der Waals surface area contributed by atoms with Crippen molar-refractivity contribution in [3.63, 3.8) is 0 Å². The van der Waals surface area contributed by atoms with E-state index in [0.717, 1.165) is 5.57 Å². The summed E-state index contributed by atoms with van der Waals surface area (Å²) in [4.78, 5) is 21.5. The van der Waals surface area contributed by atoms with E-state index in [0.29, 0.717) is 6.42 Å². The molecule has 4 nitrogen and oxygen atoms in total. The van der Waals surface area contributed by atoms with Crippen molar-refractivity contribution >= 4 is 35.1 Å². The third-order valence-electron chi connectivity index (χ3n) is 1.70. The molecule has 0 heterocycles. The maximum atomic E-state index is 11.2. The Morgan fingerprint density at radius 3 is 2.12 bits per heavy atom. The zero-order chi connectivity index (χ0) is 13.3. The highest BCUT2D eigenvalue weighted by Gasteiger charge is 2.10. The van der Waals surface area contributed by atoms with Crippen LogP contribution in [-0.2, 0) is 19.1 Å². The number of esters is 2. The number of hydrogen-bond acceptors (Lipinski definition) is 4. The predicted octanol–water partition coefficient (Wildman–Crippen LogP) is 2.62. The van der Waals surface area contributed by atoms with E-state index in [2.05, 4.69) is 11.3 Å². The minimum absolute atomic E-state index is 0.00966. The molecule has 17 heavy (non-hydrogen) atoms. The smallest absolute Gasteiger partial charge is 0.306 e. The standard InChI is InChI=1S/C11H16Cl2O4/c1-8(2)5-6-16-10(14)3-4-11(15)17-7-9(12)13/h9H,1,3-7H2,2H3. The highest BCUT2D eigenvalue weighted by molar-refractivity contribution is 6.44. The average Bonchev–Trinajstić information content (AvgIpc) is 2.23. The molecule has 0 aliphatic rings. The molecule has 0 atom stereocenters. The molecule has 0 rings (SSSR count). The lowest BCUT2D eigenvalue weighted by molar-refractivity contribution is -0.150. The van der Waals surface area contributed by atoms with E-state index in [-0.39, 0.29) is 26.1 Å². The van der Waals surface area contributed by atoms with Crippen molar-refractivity contribution in [2.75, 3.05) is 13.2 Å². The molecule has 0 saturated heterocycles. The predicted molar refractivity (Wildman–Crippen MR) is 66.1 cm³/mol. The Balaban J connectivity index is 3.55. The second-order valence-electron chi connectivity index (χ2n) is 3.50. The van der Waals surface area contributed by atoms with Crippen LogP contribution >= 0.6 is 23.2 Å². The molecule has 0 bridgehead atoms. The summed E-state index contributed by atoms with van der Waals surface area (Å²) in [5.41, 5.74) is 0.937. The van der Waals surface area contributed by atoms with Gasteiger partial charge in [0.25, 0.3) is 0 Å². The normalized spacial score (nSPS) is 10.1. The first kappa shape index (κ1) is 16.3. The van der Waals surface area contributed by atoms with Crippen LogP contribution in [0.3, 0.4) is 0 Å². The molecule has 0 aliphatic heterocycles. The first-order valence-electron chi connectivity index (χ1n) is 5.15. The van der Waals surface area contributed by atoms with Gasteiger partial charge in [0.2, 0.25) is 0 Å². The van der Waals surface area contributed by atoms with Crippen molar-refractivity contribution < 1.29 is 19.1 Å². The van der Waals surface area contributed by atoms with Crippen LogP contribution in [0, 0.1) is 0 Å². The Hall–Kier alpha value is -0.740. The maximum absolute atomic E-state index is 11.2. The quantitative estimate of drug-likeness (QED) is 0.390. The second kappa shape index (κ2) is 9.31. The SMILES string of the molecule is C=C(C)CCOC(=O)CCC(=O)OCC(Cl)Cl. The molecule has 0 aliphatic carbocycles. The van der Waals surface area contributed by atoms with Gasteiger partial charge in [-0.3, -0.25) is 9.59 Å². The number of ether oxygens (including phenoxy) is 2. The highest BCUT2D eigenvalue weighted by atomic mass is 35.5. The Kier molecular flexibility index (Phi) is 8.90. The minimum Gasteiger partial charge on any atom is -0.465 e. The van der Waals surface area contributed by atoms with Gasteiger partial charge in [0.05, 0.1) is 19.4 Å². The van der Waals surface area contributed by atoms with Gasteiger partial charge in [-0.1, -0.05) is 5.57 Å². The van der Waals surface area contributed by atoms with Crippen LogP contribution in [0.4, 0.5) is 0 Å². The van der Waals surface area contributed by atoms with Gasteiger partial charge in [-0.05, 0) is 6.92 Å². The monoisotopic (exact) mass is 282 g/mol. The Morgan fingerprint density at radius 2 is 1.65 bits per heavy atom. The molecule has 0 spiro atoms. The molecular formula is C11H16Cl2O4. The lowest BCUT2D eigenvalue weighted by atomic mass is 10.2. The summed E-state index contributed by atoms with van der Waals surface area (Å²) in [6, 6.07) is 0. The number of carbonyl (C=O) groups excluding carboxylic acids is 2. The number of carbonyl (C=O) groups is 2. The van der Waals surface area contributed by atoms with E-state index in [1.54, 1.807) is 0 Å². The number of alkyl halides is 2. The van der Waals surface area contributed by atoms with Gasteiger partial charge in [0, 0.05) is 6.42 Å². The lowest BCUT2D eigenvalue weighted by Gasteiger charge is -2.05. The Morgan fingerprint density at radius 1 is 1.12 bits per heavy atom. The van der Waals surface area contributed by atoms with E-state index in [4.69, 9.17) is 27.9 Å². The van der Waals surface area contributed by atoms with Crippen molar-refractivity contribution in [1.82, 2.24) is 0 Å². The topological polar surface area (TPSA) is 52.6 Å². The molecule has 0 unspecified atom stereocenters. The summed E-state index contributed by atoms with van der Waals surface area (Å²) >= 11 is 10.7. The summed E-state index contributed by atoms with van der Waals surface area (Å²) in [6.45, 7) is 5.73. The van der Waals surface area contributed by atoms with E-state index in [9.17, 15) is 9.59 Å². The van der Waals surface area contributed by atoms with Crippen molar-refractivity contribution in [2.24, 2.45) is 0 Å². The molecule has 98 valence electrons. The van der Waals surface area contributed by atoms with Crippen LogP contribution in [0.15, 0.2) is 12.2 Å². The summed E-state index contributed by atoms with van der Waals surface area (Å²) in [5, 5.41) is 0. The van der Waals surface area contributed by atoms with Gasteiger partial charge in [-0.25, -0.2) is 0 Å². The fourth-order valence-electron chi connectivity index (χ4n) is 0.843. The molecule has 6 heteroatoms. The first-order valence-corrected chi connectivity index (χ1v) is 6.03.